The average Bonchev–Trinajstić information content (AvgIpc) is 2.38. The summed E-state index contributed by atoms with van der Waals surface area (Å²) in [5, 5.41) is 9.23. The molecule has 2 aromatic carbocycles. The summed E-state index contributed by atoms with van der Waals surface area (Å²) in [4.78, 5) is 0. The van der Waals surface area contributed by atoms with Crippen LogP contribution in [0.5, 0.6) is 17.2 Å². The molecular formula is C14H13FO3. The quantitative estimate of drug-likeness (QED) is 0.906. The molecule has 4 heteroatoms. The van der Waals surface area contributed by atoms with Gasteiger partial charge < -0.3 is 14.6 Å². The number of aromatic hydroxyl groups is 1. The van der Waals surface area contributed by atoms with Gasteiger partial charge in [-0.25, -0.2) is 4.39 Å². The maximum absolute atomic E-state index is 13.9. The molecule has 1 N–H and O–H groups in total. The van der Waals surface area contributed by atoms with Crippen LogP contribution in [0, 0.1) is 5.82 Å². The third kappa shape index (κ3) is 2.09. The van der Waals surface area contributed by atoms with Gasteiger partial charge >= 0.3 is 0 Å². The fourth-order valence-corrected chi connectivity index (χ4v) is 1.82. The summed E-state index contributed by atoms with van der Waals surface area (Å²) in [7, 11) is 3.02. The number of hydrogen-bond donors (Lipinski definition) is 1. The highest BCUT2D eigenvalue weighted by molar-refractivity contribution is 5.77. The van der Waals surface area contributed by atoms with E-state index >= 15 is 0 Å². The predicted molar refractivity (Wildman–Crippen MR) is 66.6 cm³/mol. The normalized spacial score (nSPS) is 10.2. The lowest BCUT2D eigenvalue weighted by Crippen LogP contribution is -1.94. The summed E-state index contributed by atoms with van der Waals surface area (Å²) in [5.74, 6) is 0.376. The van der Waals surface area contributed by atoms with Crippen molar-refractivity contribution in [2.45, 2.75) is 0 Å². The van der Waals surface area contributed by atoms with Gasteiger partial charge in [0.1, 0.15) is 23.1 Å². The Morgan fingerprint density at radius 3 is 2.11 bits per heavy atom. The van der Waals surface area contributed by atoms with Crippen LogP contribution in [0.4, 0.5) is 4.39 Å². The molecule has 0 bridgehead atoms. The van der Waals surface area contributed by atoms with Gasteiger partial charge in [-0.05, 0) is 24.3 Å². The molecule has 2 rings (SSSR count). The fraction of sp³-hybridized carbons (Fsp3) is 0.143. The standard InChI is InChI=1S/C14H13FO3/c1-17-12-4-3-5-13(18-2)14(12)10-7-6-9(16)8-11(10)15/h3-8,16H,1-2H3. The molecule has 0 aromatic heterocycles. The number of ether oxygens (including phenoxy) is 2. The van der Waals surface area contributed by atoms with Gasteiger partial charge in [-0.3, -0.25) is 0 Å². The molecular weight excluding hydrogens is 235 g/mol. The smallest absolute Gasteiger partial charge is 0.134 e. The van der Waals surface area contributed by atoms with Crippen molar-refractivity contribution in [2.24, 2.45) is 0 Å². The second-order valence-corrected chi connectivity index (χ2v) is 3.70. The number of phenolic OH excluding ortho intramolecular Hbond substituents is 1. The van der Waals surface area contributed by atoms with Gasteiger partial charge in [0, 0.05) is 11.6 Å². The Morgan fingerprint density at radius 1 is 1.00 bits per heavy atom. The minimum absolute atomic E-state index is 0.120. The average molecular weight is 248 g/mol. The maximum Gasteiger partial charge on any atom is 0.134 e. The Balaban J connectivity index is 2.68. The molecule has 0 amide bonds. The summed E-state index contributed by atoms with van der Waals surface area (Å²) < 4.78 is 24.3. The molecule has 0 heterocycles. The van der Waals surface area contributed by atoms with Gasteiger partial charge in [-0.15, -0.1) is 0 Å². The maximum atomic E-state index is 13.9. The van der Waals surface area contributed by atoms with Crippen LogP contribution in [0.25, 0.3) is 11.1 Å². The van der Waals surface area contributed by atoms with Crippen molar-refractivity contribution >= 4 is 0 Å². The molecule has 18 heavy (non-hydrogen) atoms. The van der Waals surface area contributed by atoms with E-state index in [2.05, 4.69) is 0 Å². The van der Waals surface area contributed by atoms with Gasteiger partial charge in [-0.2, -0.15) is 0 Å². The molecule has 94 valence electrons. The van der Waals surface area contributed by atoms with Crippen LogP contribution >= 0.6 is 0 Å². The van der Waals surface area contributed by atoms with Gasteiger partial charge in [-0.1, -0.05) is 6.07 Å². The van der Waals surface area contributed by atoms with Crippen molar-refractivity contribution < 1.29 is 19.0 Å². The van der Waals surface area contributed by atoms with E-state index in [0.29, 0.717) is 22.6 Å². The first-order valence-corrected chi connectivity index (χ1v) is 5.37. The van der Waals surface area contributed by atoms with Crippen LogP contribution in [0.2, 0.25) is 0 Å². The highest BCUT2D eigenvalue weighted by Crippen LogP contribution is 2.40. The zero-order chi connectivity index (χ0) is 13.1. The topological polar surface area (TPSA) is 38.7 Å². The molecule has 0 saturated heterocycles. The largest absolute Gasteiger partial charge is 0.508 e. The van der Waals surface area contributed by atoms with E-state index in [1.54, 1.807) is 18.2 Å². The lowest BCUT2D eigenvalue weighted by atomic mass is 10.0. The molecule has 0 atom stereocenters. The third-order valence-corrected chi connectivity index (χ3v) is 2.65. The number of methoxy groups -OCH3 is 2. The SMILES string of the molecule is COc1cccc(OC)c1-c1ccc(O)cc1F. The zero-order valence-electron chi connectivity index (χ0n) is 10.1. The number of hydrogen-bond acceptors (Lipinski definition) is 3. The molecule has 0 unspecified atom stereocenters. The zero-order valence-corrected chi connectivity index (χ0v) is 10.1. The Hall–Kier alpha value is -2.23. The lowest BCUT2D eigenvalue weighted by Gasteiger charge is -2.13. The third-order valence-electron chi connectivity index (χ3n) is 2.65. The van der Waals surface area contributed by atoms with E-state index in [9.17, 15) is 9.50 Å². The highest BCUT2D eigenvalue weighted by atomic mass is 19.1. The minimum atomic E-state index is -0.530. The van der Waals surface area contributed by atoms with Gasteiger partial charge in [0.2, 0.25) is 0 Å². The Kier molecular flexibility index (Phi) is 3.37. The van der Waals surface area contributed by atoms with E-state index in [1.807, 2.05) is 0 Å². The first-order valence-electron chi connectivity index (χ1n) is 5.37. The van der Waals surface area contributed by atoms with Crippen molar-refractivity contribution in [1.82, 2.24) is 0 Å². The molecule has 0 aliphatic heterocycles. The number of phenols is 1. The van der Waals surface area contributed by atoms with Crippen LogP contribution in [0.15, 0.2) is 36.4 Å². The molecule has 0 fully saturated rings. The summed E-state index contributed by atoms with van der Waals surface area (Å²) in [6.45, 7) is 0. The number of halogens is 1. The molecule has 0 saturated carbocycles. The molecule has 0 radical (unpaired) electrons. The Morgan fingerprint density at radius 2 is 1.61 bits per heavy atom. The number of rotatable bonds is 3. The summed E-state index contributed by atoms with van der Waals surface area (Å²) in [6, 6.07) is 9.18. The van der Waals surface area contributed by atoms with Crippen LogP contribution < -0.4 is 9.47 Å². The van der Waals surface area contributed by atoms with Crippen molar-refractivity contribution in [3.63, 3.8) is 0 Å². The molecule has 0 aliphatic carbocycles. The number of benzene rings is 2. The fourth-order valence-electron chi connectivity index (χ4n) is 1.82. The first kappa shape index (κ1) is 12.2. The van der Waals surface area contributed by atoms with E-state index in [-0.39, 0.29) is 5.75 Å². The van der Waals surface area contributed by atoms with E-state index < -0.39 is 5.82 Å². The minimum Gasteiger partial charge on any atom is -0.508 e. The molecule has 2 aromatic rings. The highest BCUT2D eigenvalue weighted by Gasteiger charge is 2.16. The monoisotopic (exact) mass is 248 g/mol. The molecule has 0 aliphatic rings. The Bertz CT molecular complexity index is 545. The van der Waals surface area contributed by atoms with Crippen molar-refractivity contribution in [3.05, 3.63) is 42.2 Å². The van der Waals surface area contributed by atoms with Crippen LogP contribution in [-0.2, 0) is 0 Å². The van der Waals surface area contributed by atoms with Crippen LogP contribution in [-0.4, -0.2) is 19.3 Å². The lowest BCUT2D eigenvalue weighted by molar-refractivity contribution is 0.397. The summed E-state index contributed by atoms with van der Waals surface area (Å²) >= 11 is 0. The van der Waals surface area contributed by atoms with Crippen molar-refractivity contribution in [3.8, 4) is 28.4 Å². The van der Waals surface area contributed by atoms with E-state index in [1.165, 1.54) is 26.4 Å². The summed E-state index contributed by atoms with van der Waals surface area (Å²) in [5.41, 5.74) is 0.849. The van der Waals surface area contributed by atoms with Crippen LogP contribution in [0.3, 0.4) is 0 Å². The van der Waals surface area contributed by atoms with Crippen molar-refractivity contribution in [2.75, 3.05) is 14.2 Å². The predicted octanol–water partition coefficient (Wildman–Crippen LogP) is 3.22. The van der Waals surface area contributed by atoms with E-state index in [0.717, 1.165) is 6.07 Å². The van der Waals surface area contributed by atoms with Crippen LogP contribution in [0.1, 0.15) is 0 Å². The van der Waals surface area contributed by atoms with E-state index in [4.69, 9.17) is 9.47 Å². The van der Waals surface area contributed by atoms with Gasteiger partial charge in [0.15, 0.2) is 0 Å². The second-order valence-electron chi connectivity index (χ2n) is 3.70. The molecule has 3 nitrogen and oxygen atoms in total. The van der Waals surface area contributed by atoms with Gasteiger partial charge in [0.05, 0.1) is 19.8 Å². The first-order chi connectivity index (χ1) is 8.67. The van der Waals surface area contributed by atoms with Gasteiger partial charge in [0.25, 0.3) is 0 Å². The van der Waals surface area contributed by atoms with Crippen molar-refractivity contribution in [1.29, 1.82) is 0 Å². The Labute approximate surface area is 104 Å². The summed E-state index contributed by atoms with van der Waals surface area (Å²) in [6.07, 6.45) is 0. The second kappa shape index (κ2) is 4.96. The molecule has 0 spiro atoms.